The summed E-state index contributed by atoms with van der Waals surface area (Å²) in [6.07, 6.45) is 3.43. The molecule has 126 valence electrons. The van der Waals surface area contributed by atoms with Crippen molar-refractivity contribution in [1.82, 2.24) is 4.90 Å². The predicted octanol–water partition coefficient (Wildman–Crippen LogP) is 3.78. The van der Waals surface area contributed by atoms with E-state index in [0.717, 1.165) is 37.2 Å². The van der Waals surface area contributed by atoms with Crippen molar-refractivity contribution in [3.8, 4) is 0 Å². The molecular weight excluding hydrogens is 296 g/mol. The summed E-state index contributed by atoms with van der Waals surface area (Å²) < 4.78 is 0. The number of amides is 1. The number of carbonyl (C=O) groups excluding carboxylic acids is 1. The lowest BCUT2D eigenvalue weighted by Crippen LogP contribution is -2.47. The molecule has 2 aromatic rings. The third-order valence-electron chi connectivity index (χ3n) is 5.18. The van der Waals surface area contributed by atoms with E-state index in [0.29, 0.717) is 12.8 Å². The maximum absolute atomic E-state index is 12.7. The zero-order valence-corrected chi connectivity index (χ0v) is 14.4. The van der Waals surface area contributed by atoms with Crippen LogP contribution in [0.1, 0.15) is 37.3 Å². The largest absolute Gasteiger partial charge is 0.399 e. The number of nitrogen functional groups attached to an aromatic ring is 1. The van der Waals surface area contributed by atoms with E-state index in [1.807, 2.05) is 35.2 Å². The van der Waals surface area contributed by atoms with Crippen molar-refractivity contribution in [3.63, 3.8) is 0 Å². The van der Waals surface area contributed by atoms with Crippen LogP contribution in [0.25, 0.3) is 0 Å². The molecular formula is C21H26N2O. The van der Waals surface area contributed by atoms with Crippen LogP contribution in [0.2, 0.25) is 0 Å². The molecule has 0 aliphatic carbocycles. The van der Waals surface area contributed by atoms with Crippen LogP contribution in [0, 0.1) is 0 Å². The molecule has 3 heteroatoms. The molecule has 1 atom stereocenters. The summed E-state index contributed by atoms with van der Waals surface area (Å²) in [5.74, 6) is 0.236. The molecule has 1 aliphatic rings. The number of anilines is 1. The van der Waals surface area contributed by atoms with Crippen molar-refractivity contribution in [3.05, 3.63) is 65.7 Å². The molecule has 2 aromatic carbocycles. The average Bonchev–Trinajstić information content (AvgIpc) is 2.61. The fraction of sp³-hybridized carbons (Fsp3) is 0.381. The third kappa shape index (κ3) is 3.61. The highest BCUT2D eigenvalue weighted by molar-refractivity contribution is 5.77. The summed E-state index contributed by atoms with van der Waals surface area (Å²) in [4.78, 5) is 14.7. The van der Waals surface area contributed by atoms with E-state index in [9.17, 15) is 4.79 Å². The van der Waals surface area contributed by atoms with Gasteiger partial charge in [0.2, 0.25) is 5.91 Å². The number of benzene rings is 2. The molecule has 2 N–H and O–H groups in total. The lowest BCUT2D eigenvalue weighted by atomic mass is 9.76. The molecule has 1 aliphatic heterocycles. The van der Waals surface area contributed by atoms with Gasteiger partial charge in [0.15, 0.2) is 0 Å². The normalized spacial score (nSPS) is 20.8. The van der Waals surface area contributed by atoms with E-state index in [-0.39, 0.29) is 11.3 Å². The Morgan fingerprint density at radius 1 is 1.12 bits per heavy atom. The predicted molar refractivity (Wildman–Crippen MR) is 98.8 cm³/mol. The van der Waals surface area contributed by atoms with Crippen LogP contribution in [0.3, 0.4) is 0 Å². The summed E-state index contributed by atoms with van der Waals surface area (Å²) in [5.41, 5.74) is 9.20. The number of likely N-dealkylation sites (tertiary alicyclic amines) is 1. The molecule has 0 saturated carbocycles. The number of carbonyl (C=O) groups is 1. The Kier molecular flexibility index (Phi) is 4.89. The number of para-hydroxylation sites is 1. The number of hydrogen-bond acceptors (Lipinski definition) is 2. The lowest BCUT2D eigenvalue weighted by Gasteiger charge is -2.41. The molecule has 0 bridgehead atoms. The molecule has 3 nitrogen and oxygen atoms in total. The number of piperidine rings is 1. The van der Waals surface area contributed by atoms with Gasteiger partial charge in [-0.3, -0.25) is 4.79 Å². The SMILES string of the molecule is CC1(c2ccccc2)CCCN(C(=O)CCc2ccccc2N)C1. The fourth-order valence-corrected chi connectivity index (χ4v) is 3.69. The molecule has 0 radical (unpaired) electrons. The molecule has 0 aromatic heterocycles. The Morgan fingerprint density at radius 2 is 1.83 bits per heavy atom. The molecule has 3 rings (SSSR count). The smallest absolute Gasteiger partial charge is 0.222 e. The zero-order chi connectivity index (χ0) is 17.0. The first-order valence-corrected chi connectivity index (χ1v) is 8.75. The van der Waals surface area contributed by atoms with Gasteiger partial charge >= 0.3 is 0 Å². The van der Waals surface area contributed by atoms with Crippen LogP contribution in [0.4, 0.5) is 5.69 Å². The van der Waals surface area contributed by atoms with Gasteiger partial charge in [-0.25, -0.2) is 0 Å². The molecule has 1 heterocycles. The van der Waals surface area contributed by atoms with Gasteiger partial charge in [-0.05, 0) is 36.5 Å². The maximum Gasteiger partial charge on any atom is 0.222 e. The Labute approximate surface area is 144 Å². The van der Waals surface area contributed by atoms with Crippen molar-refractivity contribution in [2.45, 2.75) is 38.0 Å². The summed E-state index contributed by atoms with van der Waals surface area (Å²) in [7, 11) is 0. The first-order chi connectivity index (χ1) is 11.6. The zero-order valence-electron chi connectivity index (χ0n) is 14.4. The number of nitrogens with zero attached hydrogens (tertiary/aromatic N) is 1. The highest BCUT2D eigenvalue weighted by Crippen LogP contribution is 2.33. The van der Waals surface area contributed by atoms with Gasteiger partial charge in [-0.2, -0.15) is 0 Å². The van der Waals surface area contributed by atoms with E-state index in [1.54, 1.807) is 0 Å². The Hall–Kier alpha value is -2.29. The minimum atomic E-state index is 0.0565. The summed E-state index contributed by atoms with van der Waals surface area (Å²) in [6.45, 7) is 3.95. The third-order valence-corrected chi connectivity index (χ3v) is 5.18. The molecule has 1 amide bonds. The van der Waals surface area contributed by atoms with Gasteiger partial charge < -0.3 is 10.6 Å². The highest BCUT2D eigenvalue weighted by atomic mass is 16.2. The molecule has 0 spiro atoms. The second kappa shape index (κ2) is 7.08. The highest BCUT2D eigenvalue weighted by Gasteiger charge is 2.34. The average molecular weight is 322 g/mol. The second-order valence-corrected chi connectivity index (χ2v) is 7.04. The maximum atomic E-state index is 12.7. The number of rotatable bonds is 4. The first kappa shape index (κ1) is 16.6. The number of nitrogens with two attached hydrogens (primary N) is 1. The minimum absolute atomic E-state index is 0.0565. The van der Waals surface area contributed by atoms with Crippen LogP contribution < -0.4 is 5.73 Å². The Balaban J connectivity index is 1.64. The molecule has 1 unspecified atom stereocenters. The standard InChI is InChI=1S/C21H26N2O/c1-21(18-9-3-2-4-10-18)14-7-15-23(16-21)20(24)13-12-17-8-5-6-11-19(17)22/h2-6,8-11H,7,12-16,22H2,1H3. The van der Waals surface area contributed by atoms with Crippen molar-refractivity contribution in [1.29, 1.82) is 0 Å². The number of aryl methyl sites for hydroxylation is 1. The Morgan fingerprint density at radius 3 is 2.58 bits per heavy atom. The van der Waals surface area contributed by atoms with Gasteiger partial charge in [-0.15, -0.1) is 0 Å². The van der Waals surface area contributed by atoms with E-state index in [1.165, 1.54) is 5.56 Å². The van der Waals surface area contributed by atoms with Gasteiger partial charge in [0, 0.05) is 30.6 Å². The van der Waals surface area contributed by atoms with E-state index >= 15 is 0 Å². The fourth-order valence-electron chi connectivity index (χ4n) is 3.69. The van der Waals surface area contributed by atoms with Gasteiger partial charge in [0.05, 0.1) is 0 Å². The summed E-state index contributed by atoms with van der Waals surface area (Å²) in [6, 6.07) is 18.4. The molecule has 1 saturated heterocycles. The summed E-state index contributed by atoms with van der Waals surface area (Å²) >= 11 is 0. The van der Waals surface area contributed by atoms with E-state index in [4.69, 9.17) is 5.73 Å². The van der Waals surface area contributed by atoms with Crippen molar-refractivity contribution in [2.24, 2.45) is 0 Å². The monoisotopic (exact) mass is 322 g/mol. The molecule has 1 fully saturated rings. The summed E-state index contributed by atoms with van der Waals surface area (Å²) in [5, 5.41) is 0. The van der Waals surface area contributed by atoms with Crippen LogP contribution >= 0.6 is 0 Å². The topological polar surface area (TPSA) is 46.3 Å². The van der Waals surface area contributed by atoms with E-state index in [2.05, 4.69) is 31.2 Å². The number of hydrogen-bond donors (Lipinski definition) is 1. The van der Waals surface area contributed by atoms with Crippen molar-refractivity contribution >= 4 is 11.6 Å². The quantitative estimate of drug-likeness (QED) is 0.871. The van der Waals surface area contributed by atoms with Crippen LogP contribution in [0.5, 0.6) is 0 Å². The second-order valence-electron chi connectivity index (χ2n) is 7.04. The van der Waals surface area contributed by atoms with Gasteiger partial charge in [0.1, 0.15) is 0 Å². The van der Waals surface area contributed by atoms with Gasteiger partial charge in [0.25, 0.3) is 0 Å². The van der Waals surface area contributed by atoms with E-state index < -0.39 is 0 Å². The molecule has 24 heavy (non-hydrogen) atoms. The minimum Gasteiger partial charge on any atom is -0.399 e. The lowest BCUT2D eigenvalue weighted by molar-refractivity contribution is -0.133. The van der Waals surface area contributed by atoms with Crippen molar-refractivity contribution < 1.29 is 4.79 Å². The Bertz CT molecular complexity index is 698. The van der Waals surface area contributed by atoms with Crippen molar-refractivity contribution in [2.75, 3.05) is 18.8 Å². The first-order valence-electron chi connectivity index (χ1n) is 8.75. The van der Waals surface area contributed by atoms with Crippen LogP contribution in [-0.2, 0) is 16.6 Å². The van der Waals surface area contributed by atoms with Crippen LogP contribution in [-0.4, -0.2) is 23.9 Å². The van der Waals surface area contributed by atoms with Gasteiger partial charge in [-0.1, -0.05) is 55.5 Å². The van der Waals surface area contributed by atoms with Crippen LogP contribution in [0.15, 0.2) is 54.6 Å².